The summed E-state index contributed by atoms with van der Waals surface area (Å²) < 4.78 is 59.4. The van der Waals surface area contributed by atoms with Crippen molar-refractivity contribution in [3.63, 3.8) is 0 Å². The van der Waals surface area contributed by atoms with Gasteiger partial charge in [-0.1, -0.05) is 68.3 Å². The predicted molar refractivity (Wildman–Crippen MR) is 190 cm³/mol. The third kappa shape index (κ3) is 11.1. The number of methoxy groups -OCH3 is 1. The van der Waals surface area contributed by atoms with Gasteiger partial charge in [0, 0.05) is 36.5 Å². The van der Waals surface area contributed by atoms with Crippen LogP contribution in [0.3, 0.4) is 0 Å². The SMILES string of the molecule is COC(=O)C1O[C@@H](O[C@@H]2C(COC(C)=O)OC(OC(C)=O)C(N=[N+]=[N-])[C@H]2C)C(OCc2ccccc2)[C@@H](C)[C@@H]1O[C@H]1OC(COC(C)=O)[C@@H](C)[C@H](C)C1N=[N+]=[N-]. The number of carbonyl (C=O) groups excluding carboxylic acids is 4. The van der Waals surface area contributed by atoms with Gasteiger partial charge in [0.25, 0.3) is 0 Å². The molecule has 1 aromatic carbocycles. The molecule has 56 heavy (non-hydrogen) atoms. The molecular weight excluding hydrogens is 740 g/mol. The highest BCUT2D eigenvalue weighted by molar-refractivity contribution is 5.75. The number of ether oxygens (including phenoxy) is 10. The standard InChI is InChI=1S/C36H50N6O14/c1-17-18(2)27(39-41-37)35(52-25(17)15-48-21(5)43)55-30-20(4)31(50-14-24-12-10-9-11-13-24)36(56-32(30)33(46)47-8)54-29-19(3)28(40-42-38)34(51-23(7)45)53-26(29)16-49-22(6)44/h9-13,17-20,25-32,34-36H,14-16H2,1-8H3/t17-,18-,19+,20-,25?,26?,27?,28?,29-,30-,31?,32?,34?,35+,36+/m0/s1. The maximum absolute atomic E-state index is 13.6. The lowest BCUT2D eigenvalue weighted by Crippen LogP contribution is -2.63. The van der Waals surface area contributed by atoms with Crippen LogP contribution in [0.4, 0.5) is 0 Å². The number of hydrogen-bond acceptors (Lipinski definition) is 16. The van der Waals surface area contributed by atoms with Gasteiger partial charge in [0.2, 0.25) is 6.29 Å². The molecule has 0 bridgehead atoms. The molecule has 0 aliphatic carbocycles. The third-order valence-corrected chi connectivity index (χ3v) is 10.3. The van der Waals surface area contributed by atoms with E-state index in [1.807, 2.05) is 44.2 Å². The average Bonchev–Trinajstić information content (AvgIpc) is 3.16. The Morgan fingerprint density at radius 2 is 1.25 bits per heavy atom. The molecule has 1 aromatic rings. The molecule has 0 spiro atoms. The minimum Gasteiger partial charge on any atom is -0.467 e. The highest BCUT2D eigenvalue weighted by Gasteiger charge is 2.55. The fourth-order valence-electron chi connectivity index (χ4n) is 7.06. The maximum Gasteiger partial charge on any atom is 0.337 e. The Labute approximate surface area is 323 Å². The van der Waals surface area contributed by atoms with Crippen LogP contribution in [0.2, 0.25) is 0 Å². The summed E-state index contributed by atoms with van der Waals surface area (Å²) in [4.78, 5) is 55.1. The molecule has 0 amide bonds. The van der Waals surface area contributed by atoms with Crippen LogP contribution in [0.15, 0.2) is 40.6 Å². The summed E-state index contributed by atoms with van der Waals surface area (Å²) in [5.74, 6) is -4.71. The van der Waals surface area contributed by atoms with Crippen molar-refractivity contribution in [3.05, 3.63) is 56.8 Å². The summed E-state index contributed by atoms with van der Waals surface area (Å²) in [6.45, 7) is 10.4. The summed E-state index contributed by atoms with van der Waals surface area (Å²) in [7, 11) is 1.17. The number of azide groups is 2. The molecule has 20 nitrogen and oxygen atoms in total. The second-order valence-electron chi connectivity index (χ2n) is 14.0. The number of esters is 4. The van der Waals surface area contributed by atoms with Crippen LogP contribution < -0.4 is 0 Å². The Morgan fingerprint density at radius 1 is 0.679 bits per heavy atom. The number of rotatable bonds is 15. The smallest absolute Gasteiger partial charge is 0.337 e. The van der Waals surface area contributed by atoms with Crippen molar-refractivity contribution in [2.75, 3.05) is 20.3 Å². The molecule has 3 fully saturated rings. The van der Waals surface area contributed by atoms with Crippen LogP contribution in [0.1, 0.15) is 54.0 Å². The maximum atomic E-state index is 13.6. The van der Waals surface area contributed by atoms with Crippen molar-refractivity contribution < 1.29 is 66.5 Å². The van der Waals surface area contributed by atoms with E-state index in [0.717, 1.165) is 12.5 Å². The lowest BCUT2D eigenvalue weighted by atomic mass is 9.82. The van der Waals surface area contributed by atoms with Crippen molar-refractivity contribution >= 4 is 23.9 Å². The van der Waals surface area contributed by atoms with Gasteiger partial charge in [0.1, 0.15) is 37.6 Å². The molecule has 15 atom stereocenters. The van der Waals surface area contributed by atoms with Crippen molar-refractivity contribution in [2.24, 2.45) is 33.9 Å². The van der Waals surface area contributed by atoms with Gasteiger partial charge in [-0.3, -0.25) is 14.4 Å². The van der Waals surface area contributed by atoms with E-state index in [-0.39, 0.29) is 31.7 Å². The molecular formula is C36H50N6O14. The summed E-state index contributed by atoms with van der Waals surface area (Å²) in [5.41, 5.74) is 19.7. The van der Waals surface area contributed by atoms with Gasteiger partial charge < -0.3 is 47.4 Å². The fraction of sp³-hybridized carbons (Fsp3) is 0.722. The van der Waals surface area contributed by atoms with Crippen LogP contribution in [0.25, 0.3) is 20.9 Å². The molecule has 0 saturated carbocycles. The van der Waals surface area contributed by atoms with Crippen molar-refractivity contribution in [1.82, 2.24) is 0 Å². The Kier molecular flexibility index (Phi) is 16.2. The van der Waals surface area contributed by atoms with Gasteiger partial charge in [0.15, 0.2) is 18.7 Å². The second-order valence-corrected chi connectivity index (χ2v) is 14.0. The quantitative estimate of drug-likeness (QED) is 0.0790. The molecule has 4 rings (SSSR count). The number of carbonyl (C=O) groups is 4. The fourth-order valence-corrected chi connectivity index (χ4v) is 7.06. The predicted octanol–water partition coefficient (Wildman–Crippen LogP) is 4.28. The number of nitrogens with zero attached hydrogens (tertiary/aromatic N) is 6. The first-order chi connectivity index (χ1) is 26.7. The number of hydrogen-bond donors (Lipinski definition) is 0. The van der Waals surface area contributed by atoms with Crippen LogP contribution >= 0.6 is 0 Å². The van der Waals surface area contributed by atoms with Crippen LogP contribution in [0, 0.1) is 23.7 Å². The zero-order valence-corrected chi connectivity index (χ0v) is 32.6. The summed E-state index contributed by atoms with van der Waals surface area (Å²) in [5, 5.41) is 7.81. The normalized spacial score (nSPS) is 35.5. The molecule has 0 N–H and O–H groups in total. The third-order valence-electron chi connectivity index (χ3n) is 10.3. The molecule has 3 heterocycles. The van der Waals surface area contributed by atoms with E-state index in [2.05, 4.69) is 20.1 Å². The molecule has 3 aliphatic heterocycles. The minimum atomic E-state index is -1.47. The average molecular weight is 791 g/mol. The Bertz CT molecular complexity index is 1610. The second kappa shape index (κ2) is 20.6. The van der Waals surface area contributed by atoms with E-state index < -0.39 is 103 Å². The van der Waals surface area contributed by atoms with Crippen LogP contribution in [-0.4, -0.2) is 112 Å². The van der Waals surface area contributed by atoms with E-state index >= 15 is 0 Å². The molecule has 20 heteroatoms. The monoisotopic (exact) mass is 790 g/mol. The Balaban J connectivity index is 1.74. The van der Waals surface area contributed by atoms with Gasteiger partial charge in [-0.25, -0.2) is 4.79 Å². The van der Waals surface area contributed by atoms with Gasteiger partial charge >= 0.3 is 23.9 Å². The minimum absolute atomic E-state index is 0.0679. The molecule has 3 saturated heterocycles. The van der Waals surface area contributed by atoms with Crippen molar-refractivity contribution in [2.45, 2.75) is 123 Å². The summed E-state index contributed by atoms with van der Waals surface area (Å²) in [6.07, 6.45) is -10.3. The van der Waals surface area contributed by atoms with Gasteiger partial charge in [-0.2, -0.15) is 0 Å². The van der Waals surface area contributed by atoms with Gasteiger partial charge in [-0.15, -0.1) is 0 Å². The lowest BCUT2D eigenvalue weighted by molar-refractivity contribution is -0.352. The van der Waals surface area contributed by atoms with Crippen LogP contribution in [0.5, 0.6) is 0 Å². The zero-order valence-electron chi connectivity index (χ0n) is 32.6. The van der Waals surface area contributed by atoms with Gasteiger partial charge in [0.05, 0.1) is 32.0 Å². The highest BCUT2D eigenvalue weighted by atomic mass is 16.8. The first-order valence-corrected chi connectivity index (χ1v) is 18.2. The molecule has 0 radical (unpaired) electrons. The highest BCUT2D eigenvalue weighted by Crippen LogP contribution is 2.40. The van der Waals surface area contributed by atoms with E-state index in [0.29, 0.717) is 0 Å². The molecule has 7 unspecified atom stereocenters. The van der Waals surface area contributed by atoms with E-state index in [9.17, 15) is 30.2 Å². The van der Waals surface area contributed by atoms with Crippen molar-refractivity contribution in [1.29, 1.82) is 0 Å². The topological polar surface area (TPSA) is 258 Å². The molecule has 3 aliphatic rings. The largest absolute Gasteiger partial charge is 0.467 e. The first kappa shape index (κ1) is 44.2. The first-order valence-electron chi connectivity index (χ1n) is 18.2. The van der Waals surface area contributed by atoms with Crippen LogP contribution in [-0.2, 0) is 73.2 Å². The van der Waals surface area contributed by atoms with E-state index in [4.69, 9.17) is 47.4 Å². The zero-order chi connectivity index (χ0) is 41.1. The lowest BCUT2D eigenvalue weighted by Gasteiger charge is -2.50. The van der Waals surface area contributed by atoms with Gasteiger partial charge in [-0.05, 0) is 34.4 Å². The summed E-state index contributed by atoms with van der Waals surface area (Å²) in [6, 6.07) is 7.29. The molecule has 0 aromatic heterocycles. The Hall–Kier alpha value is -4.52. The Morgan fingerprint density at radius 3 is 1.82 bits per heavy atom. The van der Waals surface area contributed by atoms with E-state index in [1.54, 1.807) is 13.8 Å². The molecule has 308 valence electrons. The van der Waals surface area contributed by atoms with E-state index in [1.165, 1.54) is 21.0 Å². The summed E-state index contributed by atoms with van der Waals surface area (Å²) >= 11 is 0. The number of benzene rings is 1. The van der Waals surface area contributed by atoms with Crippen molar-refractivity contribution in [3.8, 4) is 0 Å².